The molecule has 0 aromatic rings. The van der Waals surface area contributed by atoms with Crippen LogP contribution < -0.4 is 5.32 Å². The van der Waals surface area contributed by atoms with Crippen molar-refractivity contribution in [3.05, 3.63) is 0 Å². The third kappa shape index (κ3) is 7.36. The van der Waals surface area contributed by atoms with Crippen molar-refractivity contribution < 1.29 is 0 Å². The fourth-order valence-electron chi connectivity index (χ4n) is 2.27. The Hall–Kier alpha value is -0.590. The van der Waals surface area contributed by atoms with Gasteiger partial charge in [-0.15, -0.1) is 0 Å². The Morgan fingerprint density at radius 3 is 1.88 bits per heavy atom. The molecule has 0 spiro atoms. The molecule has 0 aromatic carbocycles. The quantitative estimate of drug-likeness (QED) is 0.707. The smallest absolute Gasteiger partial charge is 0.107 e. The maximum atomic E-state index is 9.51. The van der Waals surface area contributed by atoms with Crippen molar-refractivity contribution in [1.29, 1.82) is 5.26 Å². The minimum Gasteiger partial charge on any atom is -0.308 e. The molecule has 0 heterocycles. The van der Waals surface area contributed by atoms with Crippen LogP contribution in [0.15, 0.2) is 0 Å². The summed E-state index contributed by atoms with van der Waals surface area (Å²) < 4.78 is 0. The van der Waals surface area contributed by atoms with E-state index in [0.717, 1.165) is 25.9 Å². The van der Waals surface area contributed by atoms with Gasteiger partial charge in [-0.25, -0.2) is 0 Å². The summed E-state index contributed by atoms with van der Waals surface area (Å²) in [5, 5.41) is 13.0. The second-order valence-electron chi connectivity index (χ2n) is 6.12. The van der Waals surface area contributed by atoms with Crippen LogP contribution >= 0.6 is 0 Å². The molecule has 0 saturated carbocycles. The van der Waals surface area contributed by atoms with Crippen LogP contribution in [0.1, 0.15) is 40.5 Å². The van der Waals surface area contributed by atoms with Gasteiger partial charge in [0.05, 0.1) is 6.07 Å². The van der Waals surface area contributed by atoms with Gasteiger partial charge in [-0.1, -0.05) is 27.7 Å². The molecule has 0 atom stereocenters. The third-order valence-corrected chi connectivity index (χ3v) is 2.75. The topological polar surface area (TPSA) is 39.1 Å². The molecule has 0 fully saturated rings. The standard InChI is InChI=1S/C14H29N3/c1-12(2)9-14(11-15,10-13(3)4)16-7-8-17(5)6/h12-13,16H,7-10H2,1-6H3. The Morgan fingerprint density at radius 2 is 1.59 bits per heavy atom. The van der Waals surface area contributed by atoms with Gasteiger partial charge in [0.15, 0.2) is 0 Å². The van der Waals surface area contributed by atoms with Crippen LogP contribution in [0.3, 0.4) is 0 Å². The van der Waals surface area contributed by atoms with Crippen LogP contribution in [0.5, 0.6) is 0 Å². The highest BCUT2D eigenvalue weighted by atomic mass is 15.1. The van der Waals surface area contributed by atoms with Crippen molar-refractivity contribution in [3.8, 4) is 6.07 Å². The van der Waals surface area contributed by atoms with Crippen molar-refractivity contribution >= 4 is 0 Å². The number of hydrogen-bond acceptors (Lipinski definition) is 3. The lowest BCUT2D eigenvalue weighted by Crippen LogP contribution is -2.48. The highest BCUT2D eigenvalue weighted by molar-refractivity contribution is 5.07. The van der Waals surface area contributed by atoms with E-state index in [4.69, 9.17) is 0 Å². The minimum atomic E-state index is -0.349. The molecule has 0 unspecified atom stereocenters. The number of hydrogen-bond donors (Lipinski definition) is 1. The second kappa shape index (κ2) is 7.68. The van der Waals surface area contributed by atoms with Crippen molar-refractivity contribution in [2.24, 2.45) is 11.8 Å². The van der Waals surface area contributed by atoms with Crippen LogP contribution in [-0.4, -0.2) is 37.6 Å². The zero-order valence-electron chi connectivity index (χ0n) is 12.4. The molecular weight excluding hydrogens is 210 g/mol. The average molecular weight is 239 g/mol. The van der Waals surface area contributed by atoms with E-state index < -0.39 is 0 Å². The van der Waals surface area contributed by atoms with Crippen molar-refractivity contribution in [2.45, 2.75) is 46.1 Å². The lowest BCUT2D eigenvalue weighted by atomic mass is 9.83. The van der Waals surface area contributed by atoms with Crippen molar-refractivity contribution in [1.82, 2.24) is 10.2 Å². The Morgan fingerprint density at radius 1 is 1.12 bits per heavy atom. The average Bonchev–Trinajstić information content (AvgIpc) is 2.14. The van der Waals surface area contributed by atoms with E-state index in [2.05, 4.69) is 58.1 Å². The van der Waals surface area contributed by atoms with E-state index in [-0.39, 0.29) is 5.54 Å². The van der Waals surface area contributed by atoms with Crippen LogP contribution in [0.4, 0.5) is 0 Å². The highest BCUT2D eigenvalue weighted by Gasteiger charge is 2.31. The predicted molar refractivity (Wildman–Crippen MR) is 73.8 cm³/mol. The van der Waals surface area contributed by atoms with Crippen molar-refractivity contribution in [2.75, 3.05) is 27.2 Å². The first-order valence-corrected chi connectivity index (χ1v) is 6.62. The van der Waals surface area contributed by atoms with Gasteiger partial charge in [-0.3, -0.25) is 5.32 Å². The summed E-state index contributed by atoms with van der Waals surface area (Å²) in [4.78, 5) is 2.14. The molecule has 0 saturated heterocycles. The first-order valence-electron chi connectivity index (χ1n) is 6.62. The van der Waals surface area contributed by atoms with E-state index in [0.29, 0.717) is 11.8 Å². The van der Waals surface area contributed by atoms with Crippen LogP contribution in [0.2, 0.25) is 0 Å². The Bertz CT molecular complexity index is 228. The van der Waals surface area contributed by atoms with Crippen LogP contribution in [0, 0.1) is 23.2 Å². The van der Waals surface area contributed by atoms with Gasteiger partial charge in [-0.05, 0) is 38.8 Å². The van der Waals surface area contributed by atoms with E-state index in [1.54, 1.807) is 0 Å². The van der Waals surface area contributed by atoms with Crippen molar-refractivity contribution in [3.63, 3.8) is 0 Å². The summed E-state index contributed by atoms with van der Waals surface area (Å²) in [5.74, 6) is 1.08. The lowest BCUT2D eigenvalue weighted by molar-refractivity contribution is 0.273. The van der Waals surface area contributed by atoms with Gasteiger partial charge in [0.25, 0.3) is 0 Å². The van der Waals surface area contributed by atoms with Crippen LogP contribution in [-0.2, 0) is 0 Å². The fraction of sp³-hybridized carbons (Fsp3) is 0.929. The lowest BCUT2D eigenvalue weighted by Gasteiger charge is -2.32. The van der Waals surface area contributed by atoms with E-state index >= 15 is 0 Å². The van der Waals surface area contributed by atoms with Gasteiger partial charge in [0.1, 0.15) is 5.54 Å². The summed E-state index contributed by atoms with van der Waals surface area (Å²) in [6, 6.07) is 2.52. The van der Waals surface area contributed by atoms with Gasteiger partial charge < -0.3 is 4.90 Å². The van der Waals surface area contributed by atoms with E-state index in [1.807, 2.05) is 0 Å². The van der Waals surface area contributed by atoms with Crippen LogP contribution in [0.25, 0.3) is 0 Å². The summed E-state index contributed by atoms with van der Waals surface area (Å²) in [6.45, 7) is 10.6. The molecular formula is C14H29N3. The first kappa shape index (κ1) is 16.4. The molecule has 0 bridgehead atoms. The van der Waals surface area contributed by atoms with Gasteiger partial charge >= 0.3 is 0 Å². The van der Waals surface area contributed by atoms with Gasteiger partial charge in [-0.2, -0.15) is 5.26 Å². The largest absolute Gasteiger partial charge is 0.308 e. The molecule has 0 radical (unpaired) electrons. The van der Waals surface area contributed by atoms with Gasteiger partial charge in [0.2, 0.25) is 0 Å². The Labute approximate surface area is 107 Å². The number of nitrogens with one attached hydrogen (secondary N) is 1. The molecule has 3 heteroatoms. The van der Waals surface area contributed by atoms with Gasteiger partial charge in [0, 0.05) is 13.1 Å². The zero-order valence-corrected chi connectivity index (χ0v) is 12.4. The number of rotatable bonds is 8. The molecule has 0 aliphatic rings. The normalized spacial score (nSPS) is 12.5. The maximum Gasteiger partial charge on any atom is 0.107 e. The monoisotopic (exact) mass is 239 g/mol. The first-order chi connectivity index (χ1) is 7.81. The summed E-state index contributed by atoms with van der Waals surface area (Å²) in [7, 11) is 4.11. The number of likely N-dealkylation sites (N-methyl/N-ethyl adjacent to an activating group) is 1. The van der Waals surface area contributed by atoms with E-state index in [9.17, 15) is 5.26 Å². The molecule has 0 amide bonds. The Balaban J connectivity index is 4.51. The molecule has 1 N–H and O–H groups in total. The molecule has 17 heavy (non-hydrogen) atoms. The summed E-state index contributed by atoms with van der Waals surface area (Å²) >= 11 is 0. The molecule has 3 nitrogen and oxygen atoms in total. The van der Waals surface area contributed by atoms with E-state index in [1.165, 1.54) is 0 Å². The minimum absolute atomic E-state index is 0.349. The molecule has 0 aliphatic heterocycles. The predicted octanol–water partition coefficient (Wildman–Crippen LogP) is 2.49. The SMILES string of the molecule is CC(C)CC(C#N)(CC(C)C)NCCN(C)C. The maximum absolute atomic E-state index is 9.51. The fourth-order valence-corrected chi connectivity index (χ4v) is 2.27. The molecule has 0 aliphatic carbocycles. The number of nitriles is 1. The molecule has 100 valence electrons. The third-order valence-electron chi connectivity index (χ3n) is 2.75. The zero-order chi connectivity index (χ0) is 13.5. The highest BCUT2D eigenvalue weighted by Crippen LogP contribution is 2.24. The molecule has 0 aromatic heterocycles. The molecule has 0 rings (SSSR count). The second-order valence-corrected chi connectivity index (χ2v) is 6.12. The summed E-state index contributed by atoms with van der Waals surface area (Å²) in [5.41, 5.74) is -0.349. The summed E-state index contributed by atoms with van der Waals surface area (Å²) in [6.07, 6.45) is 1.85. The Kier molecular flexibility index (Phi) is 7.41. The number of nitrogens with zero attached hydrogens (tertiary/aromatic N) is 2.